The Labute approximate surface area is 164 Å². The van der Waals surface area contributed by atoms with Crippen LogP contribution in [0.15, 0.2) is 30.5 Å². The van der Waals surface area contributed by atoms with Crippen molar-refractivity contribution in [3.05, 3.63) is 36.0 Å². The Kier molecular flexibility index (Phi) is 5.18. The fourth-order valence-corrected chi connectivity index (χ4v) is 3.54. The SMILES string of the molecule is CN(C)c1ccnc(NC2CCC(NC(=O)c3ccc4c(c3)OCO4)CC2)n1. The Morgan fingerprint density at radius 3 is 2.61 bits per heavy atom. The van der Waals surface area contributed by atoms with Crippen LogP contribution < -0.4 is 25.0 Å². The number of nitrogens with one attached hydrogen (secondary N) is 2. The molecule has 1 aromatic carbocycles. The number of amides is 1. The fourth-order valence-electron chi connectivity index (χ4n) is 3.54. The molecule has 0 radical (unpaired) electrons. The van der Waals surface area contributed by atoms with Crippen molar-refractivity contribution in [2.24, 2.45) is 0 Å². The number of rotatable bonds is 5. The number of carbonyl (C=O) groups excluding carboxylic acids is 1. The summed E-state index contributed by atoms with van der Waals surface area (Å²) in [6.45, 7) is 0.207. The highest BCUT2D eigenvalue weighted by atomic mass is 16.7. The maximum Gasteiger partial charge on any atom is 0.251 e. The molecule has 1 saturated carbocycles. The number of anilines is 2. The number of hydrogen-bond donors (Lipinski definition) is 2. The van der Waals surface area contributed by atoms with Crippen LogP contribution in [0.5, 0.6) is 11.5 Å². The van der Waals surface area contributed by atoms with Crippen molar-refractivity contribution in [1.29, 1.82) is 0 Å². The third-order valence-electron chi connectivity index (χ3n) is 5.13. The van der Waals surface area contributed by atoms with E-state index in [1.807, 2.05) is 25.1 Å². The number of benzene rings is 1. The molecule has 1 amide bonds. The molecule has 1 fully saturated rings. The Hall–Kier alpha value is -3.03. The highest BCUT2D eigenvalue weighted by molar-refractivity contribution is 5.95. The number of ether oxygens (including phenoxy) is 2. The Bertz CT molecular complexity index is 849. The summed E-state index contributed by atoms with van der Waals surface area (Å²) >= 11 is 0. The summed E-state index contributed by atoms with van der Waals surface area (Å²) in [4.78, 5) is 23.3. The van der Waals surface area contributed by atoms with Crippen LogP contribution in [0.2, 0.25) is 0 Å². The lowest BCUT2D eigenvalue weighted by atomic mass is 9.91. The van der Waals surface area contributed by atoms with Gasteiger partial charge in [0.15, 0.2) is 11.5 Å². The minimum atomic E-state index is -0.0725. The Morgan fingerprint density at radius 2 is 1.82 bits per heavy atom. The van der Waals surface area contributed by atoms with Gasteiger partial charge in [0, 0.05) is 37.9 Å². The van der Waals surface area contributed by atoms with E-state index in [9.17, 15) is 4.79 Å². The third-order valence-corrected chi connectivity index (χ3v) is 5.13. The number of carbonyl (C=O) groups is 1. The van der Waals surface area contributed by atoms with E-state index in [1.165, 1.54) is 0 Å². The molecule has 2 aliphatic rings. The molecule has 28 heavy (non-hydrogen) atoms. The van der Waals surface area contributed by atoms with Crippen LogP contribution >= 0.6 is 0 Å². The van der Waals surface area contributed by atoms with Gasteiger partial charge in [-0.25, -0.2) is 4.98 Å². The van der Waals surface area contributed by atoms with Gasteiger partial charge in [0.2, 0.25) is 12.7 Å². The van der Waals surface area contributed by atoms with Crippen molar-refractivity contribution in [2.75, 3.05) is 31.1 Å². The minimum Gasteiger partial charge on any atom is -0.454 e. The molecule has 148 valence electrons. The summed E-state index contributed by atoms with van der Waals surface area (Å²) in [6.07, 6.45) is 5.52. The summed E-state index contributed by atoms with van der Waals surface area (Å²) in [5.41, 5.74) is 0.596. The highest BCUT2D eigenvalue weighted by Gasteiger charge is 2.24. The van der Waals surface area contributed by atoms with E-state index in [0.29, 0.717) is 29.1 Å². The molecule has 2 heterocycles. The van der Waals surface area contributed by atoms with Gasteiger partial charge in [0.1, 0.15) is 5.82 Å². The lowest BCUT2D eigenvalue weighted by molar-refractivity contribution is 0.0926. The molecule has 8 heteroatoms. The van der Waals surface area contributed by atoms with Gasteiger partial charge in [-0.1, -0.05) is 0 Å². The van der Waals surface area contributed by atoms with Gasteiger partial charge in [-0.3, -0.25) is 4.79 Å². The van der Waals surface area contributed by atoms with Crippen molar-refractivity contribution in [3.8, 4) is 11.5 Å². The molecule has 1 aromatic heterocycles. The van der Waals surface area contributed by atoms with Gasteiger partial charge in [0.05, 0.1) is 0 Å². The predicted octanol–water partition coefficient (Wildman–Crippen LogP) is 2.42. The lowest BCUT2D eigenvalue weighted by Crippen LogP contribution is -2.40. The zero-order valence-electron chi connectivity index (χ0n) is 16.1. The van der Waals surface area contributed by atoms with E-state index < -0.39 is 0 Å². The fraction of sp³-hybridized carbons (Fsp3) is 0.450. The Morgan fingerprint density at radius 1 is 1.07 bits per heavy atom. The smallest absolute Gasteiger partial charge is 0.251 e. The van der Waals surface area contributed by atoms with Gasteiger partial charge in [-0.15, -0.1) is 0 Å². The predicted molar refractivity (Wildman–Crippen MR) is 106 cm³/mol. The monoisotopic (exact) mass is 383 g/mol. The summed E-state index contributed by atoms with van der Waals surface area (Å²) in [5, 5.41) is 6.55. The molecule has 1 aliphatic heterocycles. The molecule has 0 spiro atoms. The number of fused-ring (bicyclic) bond motifs is 1. The zero-order valence-corrected chi connectivity index (χ0v) is 16.1. The van der Waals surface area contributed by atoms with Crippen LogP contribution in [0.25, 0.3) is 0 Å². The second kappa shape index (κ2) is 7.92. The maximum absolute atomic E-state index is 12.5. The second-order valence-electron chi connectivity index (χ2n) is 7.37. The number of nitrogens with zero attached hydrogens (tertiary/aromatic N) is 3. The van der Waals surface area contributed by atoms with Crippen LogP contribution in [0.1, 0.15) is 36.0 Å². The normalized spacial score (nSPS) is 20.5. The van der Waals surface area contributed by atoms with Crippen molar-refractivity contribution >= 4 is 17.7 Å². The molecule has 8 nitrogen and oxygen atoms in total. The van der Waals surface area contributed by atoms with Gasteiger partial charge in [-0.2, -0.15) is 4.98 Å². The van der Waals surface area contributed by atoms with E-state index in [-0.39, 0.29) is 18.7 Å². The summed E-state index contributed by atoms with van der Waals surface area (Å²) in [5.74, 6) is 2.77. The minimum absolute atomic E-state index is 0.0725. The first kappa shape index (κ1) is 18.3. The van der Waals surface area contributed by atoms with Crippen LogP contribution in [0.4, 0.5) is 11.8 Å². The molecule has 2 N–H and O–H groups in total. The largest absolute Gasteiger partial charge is 0.454 e. The third kappa shape index (κ3) is 4.11. The average molecular weight is 383 g/mol. The first-order chi connectivity index (χ1) is 13.6. The molecule has 0 atom stereocenters. The molecule has 2 aromatic rings. The molecule has 0 bridgehead atoms. The van der Waals surface area contributed by atoms with Crippen molar-refractivity contribution in [2.45, 2.75) is 37.8 Å². The summed E-state index contributed by atoms with van der Waals surface area (Å²) in [6, 6.07) is 7.65. The van der Waals surface area contributed by atoms with Gasteiger partial charge in [-0.05, 0) is 49.9 Å². The van der Waals surface area contributed by atoms with Gasteiger partial charge < -0.3 is 25.0 Å². The zero-order chi connectivity index (χ0) is 19.5. The van der Waals surface area contributed by atoms with Crippen LogP contribution in [0.3, 0.4) is 0 Å². The molecule has 4 rings (SSSR count). The molecular formula is C20H25N5O3. The molecular weight excluding hydrogens is 358 g/mol. The lowest BCUT2D eigenvalue weighted by Gasteiger charge is -2.29. The number of hydrogen-bond acceptors (Lipinski definition) is 7. The standard InChI is InChI=1S/C20H25N5O3/c1-25(2)18-9-10-21-20(24-18)23-15-6-4-14(5-7-15)22-19(26)13-3-8-16-17(11-13)28-12-27-16/h3,8-11,14-15H,4-7,12H2,1-2H3,(H,22,26)(H,21,23,24). The second-order valence-corrected chi connectivity index (χ2v) is 7.37. The van der Waals surface area contributed by atoms with Crippen LogP contribution in [0, 0.1) is 0 Å². The van der Waals surface area contributed by atoms with E-state index in [4.69, 9.17) is 9.47 Å². The summed E-state index contributed by atoms with van der Waals surface area (Å²) in [7, 11) is 3.92. The molecule has 1 aliphatic carbocycles. The average Bonchev–Trinajstić information content (AvgIpc) is 3.17. The number of aromatic nitrogens is 2. The summed E-state index contributed by atoms with van der Waals surface area (Å²) < 4.78 is 10.6. The van der Waals surface area contributed by atoms with E-state index in [0.717, 1.165) is 31.5 Å². The van der Waals surface area contributed by atoms with Crippen molar-refractivity contribution < 1.29 is 14.3 Å². The van der Waals surface area contributed by atoms with Crippen molar-refractivity contribution in [3.63, 3.8) is 0 Å². The van der Waals surface area contributed by atoms with Crippen LogP contribution in [-0.4, -0.2) is 48.8 Å². The van der Waals surface area contributed by atoms with E-state index >= 15 is 0 Å². The quantitative estimate of drug-likeness (QED) is 0.820. The topological polar surface area (TPSA) is 88.6 Å². The first-order valence-electron chi connectivity index (χ1n) is 9.56. The van der Waals surface area contributed by atoms with Crippen molar-refractivity contribution in [1.82, 2.24) is 15.3 Å². The molecule has 0 unspecified atom stereocenters. The van der Waals surface area contributed by atoms with E-state index in [1.54, 1.807) is 24.4 Å². The Balaban J connectivity index is 1.28. The maximum atomic E-state index is 12.5. The molecule has 0 saturated heterocycles. The highest BCUT2D eigenvalue weighted by Crippen LogP contribution is 2.32. The van der Waals surface area contributed by atoms with Crippen LogP contribution in [-0.2, 0) is 0 Å². The van der Waals surface area contributed by atoms with Gasteiger partial charge in [0.25, 0.3) is 5.91 Å². The first-order valence-corrected chi connectivity index (χ1v) is 9.56. The van der Waals surface area contributed by atoms with Gasteiger partial charge >= 0.3 is 0 Å². The van der Waals surface area contributed by atoms with E-state index in [2.05, 4.69) is 20.6 Å².